The van der Waals surface area contributed by atoms with Gasteiger partial charge in [-0.15, -0.1) is 0 Å². The normalized spacial score (nSPS) is 20.6. The van der Waals surface area contributed by atoms with Crippen LogP contribution >= 0.6 is 0 Å². The number of hydrogen-bond acceptors (Lipinski definition) is 2. The molecule has 0 saturated carbocycles. The maximum atomic E-state index is 3.03. The van der Waals surface area contributed by atoms with Gasteiger partial charge in [-0.25, -0.2) is 0 Å². The number of rotatable bonds is 0. The van der Waals surface area contributed by atoms with Crippen molar-refractivity contribution in [3.8, 4) is 0 Å². The van der Waals surface area contributed by atoms with E-state index in [1.165, 1.54) is 6.17 Å². The second-order valence-electron chi connectivity index (χ2n) is 1.66. The smallest absolute Gasteiger partial charge is 0.149 e. The van der Waals surface area contributed by atoms with Crippen LogP contribution in [-0.4, -0.2) is 11.9 Å². The fourth-order valence-electron chi connectivity index (χ4n) is 0.483. The first kappa shape index (κ1) is 4.50. The van der Waals surface area contributed by atoms with Gasteiger partial charge in [-0.05, 0) is 6.92 Å². The summed E-state index contributed by atoms with van der Waals surface area (Å²) in [5, 5.41) is 3.03. The zero-order valence-electron chi connectivity index (χ0n) is 4.60. The summed E-state index contributed by atoms with van der Waals surface area (Å²) in [7, 11) is 2.01. The van der Waals surface area contributed by atoms with Crippen molar-refractivity contribution in [1.82, 2.24) is 10.2 Å². The predicted molar refractivity (Wildman–Crippen MR) is 29.0 cm³/mol. The quantitative estimate of drug-likeness (QED) is 0.473. The lowest BCUT2D eigenvalue weighted by atomic mass is 10.6. The molecule has 1 heterocycles. The van der Waals surface area contributed by atoms with Gasteiger partial charge in [0.05, 0.1) is 0 Å². The topological polar surface area (TPSA) is 15.3 Å². The van der Waals surface area contributed by atoms with Gasteiger partial charge in [0.15, 0.2) is 0 Å². The maximum absolute atomic E-state index is 3.03. The summed E-state index contributed by atoms with van der Waals surface area (Å²) in [6.45, 7) is 2.03. The first-order valence-corrected chi connectivity index (χ1v) is 2.30. The third-order valence-corrected chi connectivity index (χ3v) is 1.12. The van der Waals surface area contributed by atoms with Gasteiger partial charge in [0.2, 0.25) is 0 Å². The fourth-order valence-corrected chi connectivity index (χ4v) is 0.483. The lowest BCUT2D eigenvalue weighted by molar-refractivity contribution is 0.474. The Morgan fingerprint density at radius 3 is 2.57 bits per heavy atom. The molecular formula is C5H9N2. The molecule has 0 aromatic heterocycles. The molecule has 0 unspecified atom stereocenters. The lowest BCUT2D eigenvalue weighted by Crippen LogP contribution is -2.19. The van der Waals surface area contributed by atoms with Gasteiger partial charge in [0.25, 0.3) is 0 Å². The Kier molecular flexibility index (Phi) is 0.929. The van der Waals surface area contributed by atoms with Gasteiger partial charge < -0.3 is 10.2 Å². The van der Waals surface area contributed by atoms with Gasteiger partial charge in [-0.3, -0.25) is 0 Å². The monoisotopic (exact) mass is 97.1 g/mol. The van der Waals surface area contributed by atoms with Crippen LogP contribution in [0.25, 0.3) is 0 Å². The summed E-state index contributed by atoms with van der Waals surface area (Å²) >= 11 is 0. The third kappa shape index (κ3) is 0.683. The van der Waals surface area contributed by atoms with E-state index in [4.69, 9.17) is 0 Å². The van der Waals surface area contributed by atoms with Crippen molar-refractivity contribution in [2.24, 2.45) is 0 Å². The Balaban J connectivity index is 2.45. The summed E-state index contributed by atoms with van der Waals surface area (Å²) in [6.07, 6.45) is 5.07. The Morgan fingerprint density at radius 2 is 2.43 bits per heavy atom. The van der Waals surface area contributed by atoms with E-state index in [1.54, 1.807) is 0 Å². The molecule has 1 rings (SSSR count). The van der Waals surface area contributed by atoms with Crippen molar-refractivity contribution < 1.29 is 0 Å². The first-order valence-electron chi connectivity index (χ1n) is 2.30. The second kappa shape index (κ2) is 1.45. The van der Waals surface area contributed by atoms with Crippen LogP contribution in [0, 0.1) is 6.17 Å². The highest BCUT2D eigenvalue weighted by molar-refractivity contribution is 5.00. The average Bonchev–Trinajstić information content (AvgIpc) is 1.91. The van der Waals surface area contributed by atoms with E-state index in [2.05, 4.69) is 5.32 Å². The van der Waals surface area contributed by atoms with Crippen molar-refractivity contribution in [1.29, 1.82) is 0 Å². The molecule has 1 radical (unpaired) electrons. The van der Waals surface area contributed by atoms with Gasteiger partial charge in [-0.1, -0.05) is 0 Å². The zero-order chi connectivity index (χ0) is 5.28. The Morgan fingerprint density at radius 1 is 1.71 bits per heavy atom. The Labute approximate surface area is 43.8 Å². The van der Waals surface area contributed by atoms with Crippen LogP contribution in [0.3, 0.4) is 0 Å². The van der Waals surface area contributed by atoms with Gasteiger partial charge in [0, 0.05) is 19.4 Å². The molecule has 2 heteroatoms. The second-order valence-corrected chi connectivity index (χ2v) is 1.66. The molecule has 0 aromatic carbocycles. The first-order chi connectivity index (χ1) is 3.30. The molecule has 2 nitrogen and oxygen atoms in total. The van der Waals surface area contributed by atoms with E-state index in [0.29, 0.717) is 0 Å². The van der Waals surface area contributed by atoms with Crippen molar-refractivity contribution in [2.75, 3.05) is 7.05 Å². The summed E-state index contributed by atoms with van der Waals surface area (Å²) in [4.78, 5) is 2.03. The molecule has 0 fully saturated rings. The Bertz CT molecular complexity index is 88.1. The molecular weight excluding hydrogens is 88.1 g/mol. The lowest BCUT2D eigenvalue weighted by Gasteiger charge is -2.12. The van der Waals surface area contributed by atoms with Gasteiger partial charge in [0.1, 0.15) is 6.17 Å². The highest BCUT2D eigenvalue weighted by atomic mass is 15.3. The maximum Gasteiger partial charge on any atom is 0.149 e. The third-order valence-electron chi connectivity index (χ3n) is 1.12. The fraction of sp³-hybridized carbons (Fsp3) is 0.400. The van der Waals surface area contributed by atoms with E-state index < -0.39 is 0 Å². The van der Waals surface area contributed by atoms with E-state index >= 15 is 0 Å². The van der Waals surface area contributed by atoms with E-state index in [1.807, 2.05) is 31.3 Å². The molecule has 39 valence electrons. The predicted octanol–water partition coefficient (Wildman–Crippen LogP) is 0.502. The summed E-state index contributed by atoms with van der Waals surface area (Å²) in [5.41, 5.74) is 0. The molecule has 0 aliphatic carbocycles. The largest absolute Gasteiger partial charge is 0.364 e. The minimum absolute atomic E-state index is 1.18. The van der Waals surface area contributed by atoms with Crippen molar-refractivity contribution in [2.45, 2.75) is 6.92 Å². The minimum atomic E-state index is 1.18. The SMILES string of the molecule is C[C]1NC=CN1C. The van der Waals surface area contributed by atoms with E-state index in [9.17, 15) is 0 Å². The van der Waals surface area contributed by atoms with Crippen molar-refractivity contribution >= 4 is 0 Å². The van der Waals surface area contributed by atoms with Crippen LogP contribution in [0.2, 0.25) is 0 Å². The zero-order valence-corrected chi connectivity index (χ0v) is 4.60. The van der Waals surface area contributed by atoms with Crippen LogP contribution in [0.15, 0.2) is 12.4 Å². The van der Waals surface area contributed by atoms with Crippen molar-refractivity contribution in [3.63, 3.8) is 0 Å². The summed E-state index contributed by atoms with van der Waals surface area (Å²) in [6, 6.07) is 0. The van der Waals surface area contributed by atoms with E-state index in [-0.39, 0.29) is 0 Å². The van der Waals surface area contributed by atoms with Crippen LogP contribution in [0.1, 0.15) is 6.92 Å². The van der Waals surface area contributed by atoms with Gasteiger partial charge >= 0.3 is 0 Å². The molecule has 0 saturated heterocycles. The van der Waals surface area contributed by atoms with Crippen LogP contribution in [0.5, 0.6) is 0 Å². The van der Waals surface area contributed by atoms with E-state index in [0.717, 1.165) is 0 Å². The molecule has 1 N–H and O–H groups in total. The highest BCUT2D eigenvalue weighted by Gasteiger charge is 2.07. The number of nitrogens with zero attached hydrogens (tertiary/aromatic N) is 1. The highest BCUT2D eigenvalue weighted by Crippen LogP contribution is 2.04. The minimum Gasteiger partial charge on any atom is -0.364 e. The molecule has 0 bridgehead atoms. The molecule has 0 aromatic rings. The molecule has 1 aliphatic heterocycles. The molecule has 0 amide bonds. The molecule has 0 atom stereocenters. The summed E-state index contributed by atoms with van der Waals surface area (Å²) < 4.78 is 0. The van der Waals surface area contributed by atoms with Crippen molar-refractivity contribution in [3.05, 3.63) is 18.6 Å². The molecule has 7 heavy (non-hydrogen) atoms. The average molecular weight is 97.1 g/mol. The molecule has 1 aliphatic rings. The van der Waals surface area contributed by atoms with Crippen LogP contribution < -0.4 is 5.32 Å². The Hall–Kier alpha value is -0.660. The number of hydrogen-bond donors (Lipinski definition) is 1. The van der Waals surface area contributed by atoms with Crippen LogP contribution in [-0.2, 0) is 0 Å². The van der Waals surface area contributed by atoms with Crippen LogP contribution in [0.4, 0.5) is 0 Å². The number of nitrogens with one attached hydrogen (secondary N) is 1. The van der Waals surface area contributed by atoms with Gasteiger partial charge in [-0.2, -0.15) is 0 Å². The standard InChI is InChI=1S/C5H9N2/c1-5-6-3-4-7(5)2/h3-4,6H,1-2H3. The summed E-state index contributed by atoms with van der Waals surface area (Å²) in [5.74, 6) is 0. The molecule has 0 spiro atoms.